The number of aromatic nitrogens is 1. The average Bonchev–Trinajstić information content (AvgIpc) is 2.43. The van der Waals surface area contributed by atoms with Crippen molar-refractivity contribution in [2.75, 3.05) is 12.4 Å². The molecular weight excluding hydrogens is 308 g/mol. The number of pyridine rings is 1. The normalized spacial score (nSPS) is 10.1. The van der Waals surface area contributed by atoms with Gasteiger partial charge >= 0.3 is 5.97 Å². The van der Waals surface area contributed by atoms with Gasteiger partial charge in [0.1, 0.15) is 5.82 Å². The monoisotopic (exact) mass is 320 g/mol. The predicted octanol–water partition coefficient (Wildman–Crippen LogP) is 3.68. The Kier molecular flexibility index (Phi) is 4.16. The van der Waals surface area contributed by atoms with Crippen molar-refractivity contribution < 1.29 is 9.53 Å². The molecule has 0 atom stereocenters. The lowest BCUT2D eigenvalue weighted by atomic mass is 10.2. The molecule has 1 N–H and O–H groups in total. The molecule has 2 rings (SSSR count). The summed E-state index contributed by atoms with van der Waals surface area (Å²) in [5.74, 6) is 0.223. The molecule has 0 amide bonds. The molecule has 1 heterocycles. The van der Waals surface area contributed by atoms with E-state index in [9.17, 15) is 4.79 Å². The molecule has 2 aromatic rings. The maximum atomic E-state index is 11.5. The number of carbonyl (C=O) groups excluding carboxylic acids is 1. The Morgan fingerprint density at radius 3 is 2.89 bits per heavy atom. The molecule has 4 nitrogen and oxygen atoms in total. The lowest BCUT2D eigenvalue weighted by molar-refractivity contribution is 0.0600. The fraction of sp³-hybridized carbons (Fsp3) is 0.143. The Balaban J connectivity index is 2.28. The second-order valence-corrected chi connectivity index (χ2v) is 4.81. The van der Waals surface area contributed by atoms with E-state index in [0.29, 0.717) is 11.4 Å². The Morgan fingerprint density at radius 1 is 1.37 bits per heavy atom. The van der Waals surface area contributed by atoms with Gasteiger partial charge in [0, 0.05) is 16.4 Å². The molecule has 5 heteroatoms. The zero-order chi connectivity index (χ0) is 13.8. The van der Waals surface area contributed by atoms with Gasteiger partial charge in [-0.2, -0.15) is 0 Å². The van der Waals surface area contributed by atoms with E-state index < -0.39 is 0 Å². The third-order valence-electron chi connectivity index (χ3n) is 2.71. The second kappa shape index (κ2) is 5.84. The molecule has 0 fully saturated rings. The highest BCUT2D eigenvalue weighted by Gasteiger charge is 2.08. The molecular formula is C14H13BrN2O2. The number of ether oxygens (including phenoxy) is 1. The van der Waals surface area contributed by atoms with E-state index in [1.54, 1.807) is 18.3 Å². The van der Waals surface area contributed by atoms with Crippen LogP contribution in [-0.4, -0.2) is 18.1 Å². The number of methoxy groups -OCH3 is 1. The zero-order valence-electron chi connectivity index (χ0n) is 10.6. The molecule has 98 valence electrons. The van der Waals surface area contributed by atoms with Crippen LogP contribution in [0.5, 0.6) is 0 Å². The summed E-state index contributed by atoms with van der Waals surface area (Å²) >= 11 is 3.47. The zero-order valence-corrected chi connectivity index (χ0v) is 12.2. The standard InChI is InChI=1S/C14H13BrN2O2/c1-9-11(15)4-3-5-12(9)17-13-8-10(6-7-16-13)14(18)19-2/h3-8H,1-2H3,(H,16,17). The SMILES string of the molecule is COC(=O)c1ccnc(Nc2cccc(Br)c2C)c1. The molecule has 0 saturated heterocycles. The van der Waals surface area contributed by atoms with Gasteiger partial charge in [0.25, 0.3) is 0 Å². The van der Waals surface area contributed by atoms with Crippen LogP contribution in [0.4, 0.5) is 11.5 Å². The quantitative estimate of drug-likeness (QED) is 0.876. The minimum atomic E-state index is -0.378. The van der Waals surface area contributed by atoms with Crippen LogP contribution in [0, 0.1) is 6.92 Å². The van der Waals surface area contributed by atoms with Gasteiger partial charge in [0.15, 0.2) is 0 Å². The van der Waals surface area contributed by atoms with E-state index in [4.69, 9.17) is 0 Å². The van der Waals surface area contributed by atoms with Crippen molar-refractivity contribution >= 4 is 33.4 Å². The Morgan fingerprint density at radius 2 is 2.16 bits per heavy atom. The summed E-state index contributed by atoms with van der Waals surface area (Å²) in [4.78, 5) is 15.6. The molecule has 0 unspecified atom stereocenters. The predicted molar refractivity (Wildman–Crippen MR) is 77.7 cm³/mol. The average molecular weight is 321 g/mol. The summed E-state index contributed by atoms with van der Waals surface area (Å²) in [6, 6.07) is 9.13. The fourth-order valence-electron chi connectivity index (χ4n) is 1.62. The number of esters is 1. The molecule has 0 aliphatic rings. The molecule has 0 bridgehead atoms. The smallest absolute Gasteiger partial charge is 0.338 e. The van der Waals surface area contributed by atoms with Crippen molar-refractivity contribution in [1.82, 2.24) is 4.98 Å². The highest BCUT2D eigenvalue weighted by molar-refractivity contribution is 9.10. The van der Waals surface area contributed by atoms with Gasteiger partial charge in [-0.05, 0) is 36.8 Å². The van der Waals surface area contributed by atoms with Crippen LogP contribution in [0.15, 0.2) is 41.0 Å². The summed E-state index contributed by atoms with van der Waals surface area (Å²) in [7, 11) is 1.36. The van der Waals surface area contributed by atoms with Crippen molar-refractivity contribution in [2.24, 2.45) is 0 Å². The van der Waals surface area contributed by atoms with E-state index in [-0.39, 0.29) is 5.97 Å². The van der Waals surface area contributed by atoms with E-state index in [2.05, 4.69) is 31.0 Å². The molecule has 19 heavy (non-hydrogen) atoms. The first-order valence-corrected chi connectivity index (χ1v) is 6.47. The third kappa shape index (κ3) is 3.12. The number of halogens is 1. The maximum absolute atomic E-state index is 11.5. The number of anilines is 2. The van der Waals surface area contributed by atoms with Gasteiger partial charge in [0.05, 0.1) is 12.7 Å². The molecule has 0 spiro atoms. The van der Waals surface area contributed by atoms with E-state index in [1.165, 1.54) is 7.11 Å². The third-order valence-corrected chi connectivity index (χ3v) is 3.57. The second-order valence-electron chi connectivity index (χ2n) is 3.96. The van der Waals surface area contributed by atoms with Crippen molar-refractivity contribution in [1.29, 1.82) is 0 Å². The number of nitrogens with zero attached hydrogens (tertiary/aromatic N) is 1. The Hall–Kier alpha value is -1.88. The first-order chi connectivity index (χ1) is 9.11. The first kappa shape index (κ1) is 13.5. The summed E-state index contributed by atoms with van der Waals surface area (Å²) in [5.41, 5.74) is 2.48. The molecule has 0 saturated carbocycles. The lowest BCUT2D eigenvalue weighted by Crippen LogP contribution is -2.03. The summed E-state index contributed by atoms with van der Waals surface area (Å²) < 4.78 is 5.70. The molecule has 0 aliphatic carbocycles. The molecule has 0 aliphatic heterocycles. The van der Waals surface area contributed by atoms with Gasteiger partial charge in [-0.3, -0.25) is 0 Å². The topological polar surface area (TPSA) is 51.2 Å². The summed E-state index contributed by atoms with van der Waals surface area (Å²) in [5, 5.41) is 3.18. The lowest BCUT2D eigenvalue weighted by Gasteiger charge is -2.10. The van der Waals surface area contributed by atoms with Crippen LogP contribution >= 0.6 is 15.9 Å². The molecule has 1 aromatic heterocycles. The highest BCUT2D eigenvalue weighted by Crippen LogP contribution is 2.26. The number of carbonyl (C=O) groups is 1. The minimum absolute atomic E-state index is 0.378. The maximum Gasteiger partial charge on any atom is 0.338 e. The van der Waals surface area contributed by atoms with Crippen LogP contribution < -0.4 is 5.32 Å². The van der Waals surface area contributed by atoms with Crippen LogP contribution in [0.1, 0.15) is 15.9 Å². The number of hydrogen-bond acceptors (Lipinski definition) is 4. The number of hydrogen-bond donors (Lipinski definition) is 1. The Bertz CT molecular complexity index is 614. The van der Waals surface area contributed by atoms with Crippen LogP contribution in [0.3, 0.4) is 0 Å². The van der Waals surface area contributed by atoms with Gasteiger partial charge in [-0.15, -0.1) is 0 Å². The van der Waals surface area contributed by atoms with Gasteiger partial charge in [-0.25, -0.2) is 9.78 Å². The van der Waals surface area contributed by atoms with Crippen molar-refractivity contribution in [2.45, 2.75) is 6.92 Å². The van der Waals surface area contributed by atoms with E-state index in [0.717, 1.165) is 15.7 Å². The van der Waals surface area contributed by atoms with Crippen LogP contribution in [0.25, 0.3) is 0 Å². The Labute approximate surface area is 119 Å². The van der Waals surface area contributed by atoms with E-state index in [1.807, 2.05) is 25.1 Å². The number of rotatable bonds is 3. The first-order valence-electron chi connectivity index (χ1n) is 5.68. The summed E-state index contributed by atoms with van der Waals surface area (Å²) in [6.07, 6.45) is 1.57. The number of nitrogens with one attached hydrogen (secondary N) is 1. The molecule has 1 aromatic carbocycles. The van der Waals surface area contributed by atoms with Crippen molar-refractivity contribution in [3.05, 3.63) is 52.1 Å². The minimum Gasteiger partial charge on any atom is -0.465 e. The molecule has 0 radical (unpaired) electrons. The van der Waals surface area contributed by atoms with Gasteiger partial charge in [-0.1, -0.05) is 22.0 Å². The number of benzene rings is 1. The fourth-order valence-corrected chi connectivity index (χ4v) is 1.99. The van der Waals surface area contributed by atoms with Crippen molar-refractivity contribution in [3.63, 3.8) is 0 Å². The van der Waals surface area contributed by atoms with Crippen LogP contribution in [-0.2, 0) is 4.74 Å². The highest BCUT2D eigenvalue weighted by atomic mass is 79.9. The van der Waals surface area contributed by atoms with Gasteiger partial charge in [0.2, 0.25) is 0 Å². The van der Waals surface area contributed by atoms with Crippen LogP contribution in [0.2, 0.25) is 0 Å². The van der Waals surface area contributed by atoms with E-state index >= 15 is 0 Å². The van der Waals surface area contributed by atoms with Crippen molar-refractivity contribution in [3.8, 4) is 0 Å². The largest absolute Gasteiger partial charge is 0.465 e. The van der Waals surface area contributed by atoms with Gasteiger partial charge < -0.3 is 10.1 Å². The summed E-state index contributed by atoms with van der Waals surface area (Å²) in [6.45, 7) is 2.00.